The van der Waals surface area contributed by atoms with E-state index in [0.717, 1.165) is 16.5 Å². The molecule has 4 heteroatoms. The first-order chi connectivity index (χ1) is 7.58. The van der Waals surface area contributed by atoms with Crippen molar-refractivity contribution in [2.45, 2.75) is 6.92 Å². The zero-order valence-electron chi connectivity index (χ0n) is 8.53. The molecule has 0 saturated carbocycles. The minimum absolute atomic E-state index is 0.0272. The molecule has 0 spiro atoms. The highest BCUT2D eigenvalue weighted by atomic mass is 32.1. The van der Waals surface area contributed by atoms with Gasteiger partial charge in [-0.3, -0.25) is 0 Å². The minimum atomic E-state index is -1.12. The van der Waals surface area contributed by atoms with Crippen molar-refractivity contribution in [1.29, 1.82) is 0 Å². The summed E-state index contributed by atoms with van der Waals surface area (Å²) in [7, 11) is 0. The summed E-state index contributed by atoms with van der Waals surface area (Å²) >= 11 is 1.55. The van der Waals surface area contributed by atoms with Crippen LogP contribution in [0, 0.1) is 12.7 Å². The second-order valence-corrected chi connectivity index (χ2v) is 4.54. The van der Waals surface area contributed by atoms with Crippen molar-refractivity contribution in [2.75, 3.05) is 0 Å². The Morgan fingerprint density at radius 2 is 2.12 bits per heavy atom. The molecular weight excluding hydrogens is 227 g/mol. The van der Waals surface area contributed by atoms with Crippen molar-refractivity contribution in [1.82, 2.24) is 0 Å². The Kier molecular flexibility index (Phi) is 2.75. The van der Waals surface area contributed by atoms with Crippen LogP contribution in [0.4, 0.5) is 4.39 Å². The van der Waals surface area contributed by atoms with Gasteiger partial charge in [0.25, 0.3) is 0 Å². The van der Waals surface area contributed by atoms with Gasteiger partial charge in [-0.1, -0.05) is 0 Å². The van der Waals surface area contributed by atoms with Gasteiger partial charge >= 0.3 is 5.97 Å². The van der Waals surface area contributed by atoms with Gasteiger partial charge in [-0.2, -0.15) is 0 Å². The fourth-order valence-electron chi connectivity index (χ4n) is 1.55. The van der Waals surface area contributed by atoms with E-state index in [0.29, 0.717) is 5.56 Å². The Bertz CT molecular complexity index is 546. The van der Waals surface area contributed by atoms with Gasteiger partial charge in [-0.15, -0.1) is 11.3 Å². The Balaban J connectivity index is 2.58. The molecule has 16 heavy (non-hydrogen) atoms. The lowest BCUT2D eigenvalue weighted by molar-refractivity contribution is 0.0696. The summed E-state index contributed by atoms with van der Waals surface area (Å²) in [5.41, 5.74) is 1.46. The molecule has 0 unspecified atom stereocenters. The number of aromatic carboxylic acids is 1. The van der Waals surface area contributed by atoms with Crippen LogP contribution in [0.15, 0.2) is 29.6 Å². The number of carboxylic acid groups (broad SMARTS) is 1. The monoisotopic (exact) mass is 236 g/mol. The minimum Gasteiger partial charge on any atom is -0.478 e. The molecule has 1 heterocycles. The number of carboxylic acids is 1. The number of aryl methyl sites for hydroxylation is 1. The Labute approximate surface area is 96.0 Å². The predicted molar refractivity (Wildman–Crippen MR) is 61.4 cm³/mol. The molecule has 0 amide bonds. The number of rotatable bonds is 2. The molecule has 0 aliphatic heterocycles. The van der Waals surface area contributed by atoms with E-state index in [9.17, 15) is 9.18 Å². The summed E-state index contributed by atoms with van der Waals surface area (Å²) < 4.78 is 13.3. The normalized spacial score (nSPS) is 10.4. The van der Waals surface area contributed by atoms with Gasteiger partial charge < -0.3 is 5.11 Å². The summed E-state index contributed by atoms with van der Waals surface area (Å²) in [6.07, 6.45) is 0. The van der Waals surface area contributed by atoms with E-state index in [1.165, 1.54) is 12.1 Å². The highest BCUT2D eigenvalue weighted by Gasteiger charge is 2.10. The van der Waals surface area contributed by atoms with Gasteiger partial charge in [-0.25, -0.2) is 9.18 Å². The second kappa shape index (κ2) is 4.06. The molecule has 0 saturated heterocycles. The number of hydrogen-bond acceptors (Lipinski definition) is 2. The fraction of sp³-hybridized carbons (Fsp3) is 0.0833. The molecule has 2 aromatic rings. The Morgan fingerprint density at radius 1 is 1.38 bits per heavy atom. The van der Waals surface area contributed by atoms with Crippen molar-refractivity contribution in [3.8, 4) is 11.1 Å². The summed E-state index contributed by atoms with van der Waals surface area (Å²) in [4.78, 5) is 11.8. The van der Waals surface area contributed by atoms with Crippen molar-refractivity contribution < 1.29 is 14.3 Å². The van der Waals surface area contributed by atoms with Crippen LogP contribution in [0.1, 0.15) is 15.2 Å². The SMILES string of the molecule is Cc1sccc1-c1cc(F)cc(C(=O)O)c1. The fourth-order valence-corrected chi connectivity index (χ4v) is 2.27. The van der Waals surface area contributed by atoms with Gasteiger partial charge in [0, 0.05) is 4.88 Å². The average Bonchev–Trinajstić information content (AvgIpc) is 2.63. The second-order valence-electron chi connectivity index (χ2n) is 3.42. The van der Waals surface area contributed by atoms with Gasteiger partial charge in [-0.05, 0) is 47.7 Å². The van der Waals surface area contributed by atoms with Gasteiger partial charge in [0.15, 0.2) is 0 Å². The topological polar surface area (TPSA) is 37.3 Å². The molecule has 2 nitrogen and oxygen atoms in total. The summed E-state index contributed by atoms with van der Waals surface area (Å²) in [5.74, 6) is -1.64. The highest BCUT2D eigenvalue weighted by Crippen LogP contribution is 2.28. The first-order valence-electron chi connectivity index (χ1n) is 4.66. The van der Waals surface area contributed by atoms with Crippen molar-refractivity contribution >= 4 is 17.3 Å². The maximum atomic E-state index is 13.3. The van der Waals surface area contributed by atoms with E-state index < -0.39 is 11.8 Å². The van der Waals surface area contributed by atoms with Crippen LogP contribution in [0.3, 0.4) is 0 Å². The third-order valence-corrected chi connectivity index (χ3v) is 3.16. The quantitative estimate of drug-likeness (QED) is 0.865. The molecule has 1 aromatic carbocycles. The molecule has 1 aromatic heterocycles. The van der Waals surface area contributed by atoms with E-state index in [-0.39, 0.29) is 5.56 Å². The maximum Gasteiger partial charge on any atom is 0.335 e. The van der Waals surface area contributed by atoms with E-state index in [2.05, 4.69) is 0 Å². The van der Waals surface area contributed by atoms with Gasteiger partial charge in [0.05, 0.1) is 5.56 Å². The number of thiophene rings is 1. The van der Waals surface area contributed by atoms with Crippen LogP contribution < -0.4 is 0 Å². The molecule has 0 aliphatic carbocycles. The number of benzene rings is 1. The summed E-state index contributed by atoms with van der Waals surface area (Å²) in [5, 5.41) is 10.7. The number of carbonyl (C=O) groups is 1. The van der Waals surface area contributed by atoms with E-state index in [4.69, 9.17) is 5.11 Å². The summed E-state index contributed by atoms with van der Waals surface area (Å²) in [6.45, 7) is 1.92. The molecule has 0 aliphatic rings. The third kappa shape index (κ3) is 1.97. The maximum absolute atomic E-state index is 13.3. The first-order valence-corrected chi connectivity index (χ1v) is 5.54. The largest absolute Gasteiger partial charge is 0.478 e. The van der Waals surface area contributed by atoms with E-state index in [1.54, 1.807) is 11.3 Å². The molecule has 2 rings (SSSR count). The van der Waals surface area contributed by atoms with Gasteiger partial charge in [0.1, 0.15) is 5.82 Å². The molecular formula is C12H9FO2S. The smallest absolute Gasteiger partial charge is 0.335 e. The predicted octanol–water partition coefficient (Wildman–Crippen LogP) is 3.56. The zero-order chi connectivity index (χ0) is 11.7. The zero-order valence-corrected chi connectivity index (χ0v) is 9.34. The standard InChI is InChI=1S/C12H9FO2S/c1-7-11(2-3-16-7)8-4-9(12(14)15)6-10(13)5-8/h2-6H,1H3,(H,14,15). The van der Waals surface area contributed by atoms with Crippen molar-refractivity contribution in [2.24, 2.45) is 0 Å². The molecule has 0 fully saturated rings. The van der Waals surface area contributed by atoms with E-state index >= 15 is 0 Å². The molecule has 0 bridgehead atoms. The van der Waals surface area contributed by atoms with E-state index in [1.807, 2.05) is 18.4 Å². The Hall–Kier alpha value is -1.68. The van der Waals surface area contributed by atoms with Crippen LogP contribution in [0.2, 0.25) is 0 Å². The molecule has 82 valence electrons. The molecule has 1 N–H and O–H groups in total. The molecule has 0 radical (unpaired) electrons. The average molecular weight is 236 g/mol. The Morgan fingerprint density at radius 3 is 2.69 bits per heavy atom. The molecule has 0 atom stereocenters. The lowest BCUT2D eigenvalue weighted by atomic mass is 10.0. The lowest BCUT2D eigenvalue weighted by Gasteiger charge is -2.03. The lowest BCUT2D eigenvalue weighted by Crippen LogP contribution is -1.97. The van der Waals surface area contributed by atoms with Crippen LogP contribution in [0.25, 0.3) is 11.1 Å². The van der Waals surface area contributed by atoms with Crippen LogP contribution in [-0.2, 0) is 0 Å². The van der Waals surface area contributed by atoms with Crippen LogP contribution >= 0.6 is 11.3 Å². The van der Waals surface area contributed by atoms with Crippen molar-refractivity contribution in [3.05, 3.63) is 45.9 Å². The number of halogens is 1. The third-order valence-electron chi connectivity index (χ3n) is 2.31. The number of hydrogen-bond donors (Lipinski definition) is 1. The van der Waals surface area contributed by atoms with Crippen LogP contribution in [-0.4, -0.2) is 11.1 Å². The van der Waals surface area contributed by atoms with Gasteiger partial charge in [0.2, 0.25) is 0 Å². The van der Waals surface area contributed by atoms with Crippen LogP contribution in [0.5, 0.6) is 0 Å². The highest BCUT2D eigenvalue weighted by molar-refractivity contribution is 7.10. The summed E-state index contributed by atoms with van der Waals surface area (Å²) in [6, 6.07) is 5.72. The van der Waals surface area contributed by atoms with Crippen molar-refractivity contribution in [3.63, 3.8) is 0 Å². The first kappa shape index (κ1) is 10.8.